The van der Waals surface area contributed by atoms with Crippen LogP contribution in [0.15, 0.2) is 24.3 Å². The van der Waals surface area contributed by atoms with Crippen molar-refractivity contribution >= 4 is 0 Å². The molecule has 1 aromatic carbocycles. The molecule has 80 valence electrons. The molecule has 2 unspecified atom stereocenters. The number of hydrogen-bond acceptors (Lipinski definition) is 2. The van der Waals surface area contributed by atoms with Crippen LogP contribution in [0.2, 0.25) is 0 Å². The predicted molar refractivity (Wildman–Crippen MR) is 59.8 cm³/mol. The van der Waals surface area contributed by atoms with Gasteiger partial charge in [0.05, 0.1) is 12.7 Å². The lowest BCUT2D eigenvalue weighted by Gasteiger charge is -2.35. The van der Waals surface area contributed by atoms with Crippen LogP contribution in [-0.4, -0.2) is 18.2 Å². The standard InChI is InChI=1S/C13H17NO/c1-13(2)12-10-6-4-3-5-9(10)8-15-11(12)7-14-13/h3-6,11-12,14H,7-8H2,1-2H3. The van der Waals surface area contributed by atoms with Gasteiger partial charge in [-0.15, -0.1) is 0 Å². The molecule has 1 fully saturated rings. The molecule has 0 spiro atoms. The molecule has 0 aromatic heterocycles. The smallest absolute Gasteiger partial charge is 0.0790 e. The average Bonchev–Trinajstić information content (AvgIpc) is 2.55. The van der Waals surface area contributed by atoms with Crippen LogP contribution in [0, 0.1) is 0 Å². The summed E-state index contributed by atoms with van der Waals surface area (Å²) in [6.45, 7) is 6.29. The van der Waals surface area contributed by atoms with E-state index in [9.17, 15) is 0 Å². The molecule has 15 heavy (non-hydrogen) atoms. The Kier molecular flexibility index (Phi) is 1.91. The molecule has 2 heterocycles. The van der Waals surface area contributed by atoms with Crippen LogP contribution in [-0.2, 0) is 11.3 Å². The Hall–Kier alpha value is -0.860. The van der Waals surface area contributed by atoms with Gasteiger partial charge in [-0.2, -0.15) is 0 Å². The van der Waals surface area contributed by atoms with E-state index in [0.29, 0.717) is 12.0 Å². The molecule has 0 amide bonds. The molecular weight excluding hydrogens is 186 g/mol. The van der Waals surface area contributed by atoms with Gasteiger partial charge < -0.3 is 10.1 Å². The molecule has 2 heteroatoms. The van der Waals surface area contributed by atoms with E-state index < -0.39 is 0 Å². The molecule has 0 radical (unpaired) electrons. The summed E-state index contributed by atoms with van der Waals surface area (Å²) in [4.78, 5) is 0. The van der Waals surface area contributed by atoms with Crippen molar-refractivity contribution in [2.24, 2.45) is 0 Å². The number of nitrogens with one attached hydrogen (secondary N) is 1. The predicted octanol–water partition coefficient (Wildman–Crippen LogP) is 2.05. The van der Waals surface area contributed by atoms with Crippen LogP contribution >= 0.6 is 0 Å². The van der Waals surface area contributed by atoms with Crippen LogP contribution in [0.4, 0.5) is 0 Å². The highest BCUT2D eigenvalue weighted by Crippen LogP contribution is 2.42. The SMILES string of the molecule is CC1(C)NCC2OCc3ccccc3C21. The number of benzene rings is 1. The van der Waals surface area contributed by atoms with Crippen LogP contribution in [0.25, 0.3) is 0 Å². The average molecular weight is 203 g/mol. The summed E-state index contributed by atoms with van der Waals surface area (Å²) in [6, 6.07) is 8.66. The summed E-state index contributed by atoms with van der Waals surface area (Å²) < 4.78 is 5.90. The van der Waals surface area contributed by atoms with E-state index in [-0.39, 0.29) is 5.54 Å². The zero-order valence-corrected chi connectivity index (χ0v) is 9.29. The summed E-state index contributed by atoms with van der Waals surface area (Å²) >= 11 is 0. The first kappa shape index (κ1) is 9.37. The van der Waals surface area contributed by atoms with E-state index in [4.69, 9.17) is 4.74 Å². The first-order valence-electron chi connectivity index (χ1n) is 5.63. The first-order chi connectivity index (χ1) is 7.18. The fourth-order valence-corrected chi connectivity index (χ4v) is 2.97. The maximum Gasteiger partial charge on any atom is 0.0790 e. The van der Waals surface area contributed by atoms with Crippen molar-refractivity contribution in [2.45, 2.75) is 38.0 Å². The zero-order valence-electron chi connectivity index (χ0n) is 9.29. The third-order valence-corrected chi connectivity index (χ3v) is 3.75. The molecule has 1 N–H and O–H groups in total. The summed E-state index contributed by atoms with van der Waals surface area (Å²) in [7, 11) is 0. The highest BCUT2D eigenvalue weighted by atomic mass is 16.5. The van der Waals surface area contributed by atoms with Gasteiger partial charge in [-0.3, -0.25) is 0 Å². The Labute approximate surface area is 90.6 Å². The first-order valence-corrected chi connectivity index (χ1v) is 5.63. The monoisotopic (exact) mass is 203 g/mol. The largest absolute Gasteiger partial charge is 0.371 e. The Morgan fingerprint density at radius 2 is 2.13 bits per heavy atom. The van der Waals surface area contributed by atoms with Crippen molar-refractivity contribution in [3.63, 3.8) is 0 Å². The summed E-state index contributed by atoms with van der Waals surface area (Å²) in [5, 5.41) is 3.55. The second-order valence-electron chi connectivity index (χ2n) is 5.13. The molecule has 0 aliphatic carbocycles. The normalized spacial score (nSPS) is 32.1. The number of hydrogen-bond donors (Lipinski definition) is 1. The lowest BCUT2D eigenvalue weighted by Crippen LogP contribution is -2.39. The highest BCUT2D eigenvalue weighted by Gasteiger charge is 2.45. The fourth-order valence-electron chi connectivity index (χ4n) is 2.97. The van der Waals surface area contributed by atoms with Crippen molar-refractivity contribution in [1.82, 2.24) is 5.32 Å². The lowest BCUT2D eigenvalue weighted by molar-refractivity contribution is 0.0226. The van der Waals surface area contributed by atoms with Gasteiger partial charge >= 0.3 is 0 Å². The van der Waals surface area contributed by atoms with Crippen molar-refractivity contribution in [3.8, 4) is 0 Å². The molecule has 2 aliphatic rings. The topological polar surface area (TPSA) is 21.3 Å². The minimum atomic E-state index is 0.154. The van der Waals surface area contributed by atoms with Crippen LogP contribution in [0.3, 0.4) is 0 Å². The van der Waals surface area contributed by atoms with Gasteiger partial charge in [0, 0.05) is 18.0 Å². The van der Waals surface area contributed by atoms with Crippen molar-refractivity contribution in [2.75, 3.05) is 6.54 Å². The molecule has 2 atom stereocenters. The van der Waals surface area contributed by atoms with E-state index in [1.807, 2.05) is 0 Å². The highest BCUT2D eigenvalue weighted by molar-refractivity contribution is 5.36. The molecule has 2 aliphatic heterocycles. The van der Waals surface area contributed by atoms with E-state index in [1.54, 1.807) is 0 Å². The van der Waals surface area contributed by atoms with Crippen molar-refractivity contribution < 1.29 is 4.74 Å². The maximum atomic E-state index is 5.90. The Morgan fingerprint density at radius 1 is 1.33 bits per heavy atom. The van der Waals surface area contributed by atoms with E-state index in [0.717, 1.165) is 13.2 Å². The summed E-state index contributed by atoms with van der Waals surface area (Å²) in [5.74, 6) is 0.502. The number of fused-ring (bicyclic) bond motifs is 3. The van der Waals surface area contributed by atoms with Gasteiger partial charge in [0.15, 0.2) is 0 Å². The minimum absolute atomic E-state index is 0.154. The molecule has 0 bridgehead atoms. The summed E-state index contributed by atoms with van der Waals surface area (Å²) in [5.41, 5.74) is 2.99. The van der Waals surface area contributed by atoms with Crippen molar-refractivity contribution in [1.29, 1.82) is 0 Å². The van der Waals surface area contributed by atoms with E-state index >= 15 is 0 Å². The van der Waals surface area contributed by atoms with Gasteiger partial charge in [-0.05, 0) is 25.0 Å². The van der Waals surface area contributed by atoms with Gasteiger partial charge in [-0.25, -0.2) is 0 Å². The Morgan fingerprint density at radius 3 is 3.00 bits per heavy atom. The third kappa shape index (κ3) is 1.32. The Balaban J connectivity index is 2.10. The Bertz CT molecular complexity index is 386. The maximum absolute atomic E-state index is 5.90. The molecule has 2 nitrogen and oxygen atoms in total. The zero-order chi connectivity index (χ0) is 10.5. The van der Waals surface area contributed by atoms with Crippen LogP contribution in [0.1, 0.15) is 30.9 Å². The van der Waals surface area contributed by atoms with Crippen LogP contribution in [0.5, 0.6) is 0 Å². The second kappa shape index (κ2) is 3.06. The van der Waals surface area contributed by atoms with Crippen LogP contribution < -0.4 is 5.32 Å². The second-order valence-corrected chi connectivity index (χ2v) is 5.13. The molecule has 3 rings (SSSR count). The quantitative estimate of drug-likeness (QED) is 0.697. The molecular formula is C13H17NO. The van der Waals surface area contributed by atoms with E-state index in [2.05, 4.69) is 43.4 Å². The number of ether oxygens (including phenoxy) is 1. The van der Waals surface area contributed by atoms with Gasteiger partial charge in [-0.1, -0.05) is 24.3 Å². The number of rotatable bonds is 0. The summed E-state index contributed by atoms with van der Waals surface area (Å²) in [6.07, 6.45) is 0.356. The fraction of sp³-hybridized carbons (Fsp3) is 0.538. The van der Waals surface area contributed by atoms with Gasteiger partial charge in [0.2, 0.25) is 0 Å². The van der Waals surface area contributed by atoms with Gasteiger partial charge in [0.1, 0.15) is 0 Å². The lowest BCUT2D eigenvalue weighted by atomic mass is 9.78. The van der Waals surface area contributed by atoms with Crippen molar-refractivity contribution in [3.05, 3.63) is 35.4 Å². The van der Waals surface area contributed by atoms with E-state index in [1.165, 1.54) is 11.1 Å². The molecule has 0 saturated carbocycles. The minimum Gasteiger partial charge on any atom is -0.371 e. The van der Waals surface area contributed by atoms with Gasteiger partial charge in [0.25, 0.3) is 0 Å². The third-order valence-electron chi connectivity index (χ3n) is 3.75. The molecule has 1 saturated heterocycles. The molecule has 1 aromatic rings.